The maximum absolute atomic E-state index is 2.65. The van der Waals surface area contributed by atoms with Gasteiger partial charge in [0, 0.05) is 17.6 Å². The van der Waals surface area contributed by atoms with Crippen molar-refractivity contribution < 1.29 is 0 Å². The van der Waals surface area contributed by atoms with E-state index in [9.17, 15) is 0 Å². The van der Waals surface area contributed by atoms with Gasteiger partial charge >= 0.3 is 75.7 Å². The fourth-order valence-electron chi connectivity index (χ4n) is 1.01. The van der Waals surface area contributed by atoms with Gasteiger partial charge in [0.25, 0.3) is 0 Å². The van der Waals surface area contributed by atoms with Crippen LogP contribution in [0.2, 0.25) is 39.3 Å². The summed E-state index contributed by atoms with van der Waals surface area (Å²) in [7, 11) is -2.00. The van der Waals surface area contributed by atoms with Gasteiger partial charge in [-0.25, -0.2) is 0 Å². The summed E-state index contributed by atoms with van der Waals surface area (Å²) in [5, 5.41) is 0. The van der Waals surface area contributed by atoms with Crippen LogP contribution in [0, 0.1) is 0 Å². The minimum atomic E-state index is -1.00. The van der Waals surface area contributed by atoms with Crippen LogP contribution >= 0.6 is 0 Å². The summed E-state index contributed by atoms with van der Waals surface area (Å²) in [6.07, 6.45) is 0. The van der Waals surface area contributed by atoms with Crippen molar-refractivity contribution in [1.29, 1.82) is 0 Å². The van der Waals surface area contributed by atoms with Crippen LogP contribution < -0.4 is 0 Å². The topological polar surface area (TPSA) is 3.24 Å². The minimum absolute atomic E-state index is 0. The van der Waals surface area contributed by atoms with E-state index in [2.05, 4.69) is 59.2 Å². The first-order valence-electron chi connectivity index (χ1n) is 3.67. The van der Waals surface area contributed by atoms with Crippen molar-refractivity contribution in [3.05, 3.63) is 0 Å². The Kier molecular flexibility index (Phi) is 6.32. The SMILES string of the molecule is C[Si](C)(C)[N]([Ge])[Si](C)(C)C.[Ge]. The van der Waals surface area contributed by atoms with Gasteiger partial charge in [0.15, 0.2) is 0 Å². The van der Waals surface area contributed by atoms with Crippen LogP contribution in [-0.4, -0.2) is 54.0 Å². The molecular formula is C6H18Ge2NSi2. The van der Waals surface area contributed by atoms with Crippen molar-refractivity contribution in [1.82, 2.24) is 3.19 Å². The predicted molar refractivity (Wildman–Crippen MR) is 60.0 cm³/mol. The van der Waals surface area contributed by atoms with Crippen molar-refractivity contribution >= 4 is 50.8 Å². The van der Waals surface area contributed by atoms with Crippen LogP contribution in [0.25, 0.3) is 0 Å². The minimum Gasteiger partial charge on any atom is 0 e. The molecule has 1 nitrogen and oxygen atoms in total. The standard InChI is InChI=1S/C6H18GeNSi2.Ge/c1-9(2,3)8(7)10(4,5)6;/h1-6H3;. The largest absolute Gasteiger partial charge is 0 e. The van der Waals surface area contributed by atoms with Crippen LogP contribution in [0.4, 0.5) is 0 Å². The molecule has 0 saturated heterocycles. The van der Waals surface area contributed by atoms with Crippen molar-refractivity contribution in [2.75, 3.05) is 0 Å². The molecule has 0 amide bonds. The molecular weight excluding hydrogens is 287 g/mol. The van der Waals surface area contributed by atoms with E-state index in [4.69, 9.17) is 0 Å². The summed E-state index contributed by atoms with van der Waals surface area (Å²) in [5.41, 5.74) is 0. The molecule has 0 aliphatic rings. The zero-order valence-electron chi connectivity index (χ0n) is 8.45. The summed E-state index contributed by atoms with van der Waals surface area (Å²) >= 11 is 2.29. The van der Waals surface area contributed by atoms with E-state index in [1.807, 2.05) is 0 Å². The summed E-state index contributed by atoms with van der Waals surface area (Å²) < 4.78 is 2.65. The first kappa shape index (κ1) is 15.0. The molecule has 0 bridgehead atoms. The quantitative estimate of drug-likeness (QED) is 0.702. The van der Waals surface area contributed by atoms with Gasteiger partial charge in [-0.3, -0.25) is 0 Å². The number of nitrogens with zero attached hydrogens (tertiary/aromatic N) is 1. The van der Waals surface area contributed by atoms with Gasteiger partial charge in [0.2, 0.25) is 0 Å². The summed E-state index contributed by atoms with van der Waals surface area (Å²) in [4.78, 5) is 0. The zero-order chi connectivity index (χ0) is 8.58. The van der Waals surface area contributed by atoms with E-state index in [1.165, 1.54) is 0 Å². The van der Waals surface area contributed by atoms with Gasteiger partial charge in [-0.15, -0.1) is 0 Å². The third kappa shape index (κ3) is 5.68. The summed E-state index contributed by atoms with van der Waals surface area (Å²) in [6, 6.07) is 0. The Morgan fingerprint density at radius 2 is 1.00 bits per heavy atom. The second-order valence-corrected chi connectivity index (χ2v) is 17.5. The van der Waals surface area contributed by atoms with Crippen LogP contribution in [0.3, 0.4) is 0 Å². The smallest absolute Gasteiger partial charge is 0 e. The number of hydrogen-bond acceptors (Lipinski definition) is 1. The molecule has 0 aliphatic heterocycles. The Morgan fingerprint density at radius 1 is 0.818 bits per heavy atom. The second-order valence-electron chi connectivity index (χ2n) is 4.68. The van der Waals surface area contributed by atoms with Gasteiger partial charge in [0.1, 0.15) is 0 Å². The van der Waals surface area contributed by atoms with E-state index in [0.717, 1.165) is 0 Å². The molecule has 0 aromatic carbocycles. The molecule has 0 rings (SSSR count). The monoisotopic (exact) mass is 308 g/mol. The fourth-order valence-corrected chi connectivity index (χ4v) is 9.06. The Morgan fingerprint density at radius 3 is 1.00 bits per heavy atom. The Bertz CT molecular complexity index is 103. The summed E-state index contributed by atoms with van der Waals surface area (Å²) in [6.45, 7) is 14.4. The molecule has 0 N–H and O–H groups in total. The predicted octanol–water partition coefficient (Wildman–Crippen LogP) is 1.66. The number of rotatable bonds is 2. The van der Waals surface area contributed by atoms with Crippen LogP contribution in [0.5, 0.6) is 0 Å². The molecule has 0 aliphatic carbocycles. The summed E-state index contributed by atoms with van der Waals surface area (Å²) in [5.74, 6) is 0. The van der Waals surface area contributed by atoms with Crippen LogP contribution in [-0.2, 0) is 0 Å². The second kappa shape index (κ2) is 4.64. The van der Waals surface area contributed by atoms with Gasteiger partial charge in [-0.1, -0.05) is 0 Å². The third-order valence-electron chi connectivity index (χ3n) is 1.34. The first-order valence-corrected chi connectivity index (χ1v) is 11.5. The van der Waals surface area contributed by atoms with Crippen molar-refractivity contribution in [2.45, 2.75) is 39.3 Å². The maximum Gasteiger partial charge on any atom is 0 e. The molecule has 0 fully saturated rings. The zero-order valence-corrected chi connectivity index (χ0v) is 14.6. The Labute approximate surface area is 92.9 Å². The Hall–Kier alpha value is 1.48. The average molecular weight is 306 g/mol. The maximum atomic E-state index is 2.65. The van der Waals surface area contributed by atoms with Crippen LogP contribution in [0.1, 0.15) is 0 Å². The van der Waals surface area contributed by atoms with E-state index in [1.54, 1.807) is 0 Å². The molecule has 0 unspecified atom stereocenters. The van der Waals surface area contributed by atoms with E-state index in [-0.39, 0.29) is 17.6 Å². The first-order chi connectivity index (χ1) is 4.15. The van der Waals surface area contributed by atoms with Gasteiger partial charge in [0.05, 0.1) is 0 Å². The molecule has 0 spiro atoms. The molecule has 0 aromatic heterocycles. The fraction of sp³-hybridized carbons (Fsp3) is 1.00. The molecule has 7 radical (unpaired) electrons. The molecule has 5 heteroatoms. The van der Waals surface area contributed by atoms with Crippen molar-refractivity contribution in [3.8, 4) is 0 Å². The van der Waals surface area contributed by atoms with Crippen molar-refractivity contribution in [3.63, 3.8) is 0 Å². The third-order valence-corrected chi connectivity index (χ3v) is 16.5. The molecule has 11 heavy (non-hydrogen) atoms. The molecule has 0 saturated carbocycles. The van der Waals surface area contributed by atoms with Gasteiger partial charge in [-0.05, 0) is 0 Å². The van der Waals surface area contributed by atoms with Gasteiger partial charge in [-0.2, -0.15) is 0 Å². The van der Waals surface area contributed by atoms with E-state index >= 15 is 0 Å². The molecule has 63 valence electrons. The molecule has 0 atom stereocenters. The normalized spacial score (nSPS) is 13.1. The molecule has 0 aromatic rings. The van der Waals surface area contributed by atoms with Crippen LogP contribution in [0.15, 0.2) is 0 Å². The molecule has 0 heterocycles. The van der Waals surface area contributed by atoms with E-state index < -0.39 is 16.5 Å². The average Bonchev–Trinajstić information content (AvgIpc) is 1.59. The number of hydrogen-bond donors (Lipinski definition) is 0. The Balaban J connectivity index is 0. The van der Waals surface area contributed by atoms with Gasteiger partial charge < -0.3 is 0 Å². The van der Waals surface area contributed by atoms with Crippen molar-refractivity contribution in [2.24, 2.45) is 0 Å². The van der Waals surface area contributed by atoms with E-state index in [0.29, 0.717) is 0 Å².